The van der Waals surface area contributed by atoms with Crippen LogP contribution in [0.3, 0.4) is 0 Å². The van der Waals surface area contributed by atoms with Crippen molar-refractivity contribution in [1.82, 2.24) is 19.7 Å². The molecule has 0 aliphatic heterocycles. The van der Waals surface area contributed by atoms with Crippen LogP contribution >= 0.6 is 0 Å². The number of aromatic nitrogens is 4. The number of hydrogen-bond acceptors (Lipinski definition) is 5. The summed E-state index contributed by atoms with van der Waals surface area (Å²) in [6, 6.07) is 0.236. The summed E-state index contributed by atoms with van der Waals surface area (Å²) in [5.41, 5.74) is 8.15. The molecule has 0 bridgehead atoms. The minimum atomic E-state index is 0.236. The molecule has 1 atom stereocenters. The van der Waals surface area contributed by atoms with Crippen molar-refractivity contribution < 1.29 is 0 Å². The molecule has 2 aromatic heterocycles. The zero-order chi connectivity index (χ0) is 14.1. The molecule has 2 aromatic rings. The molecule has 106 valence electrons. The predicted molar refractivity (Wildman–Crippen MR) is 80.4 cm³/mol. The van der Waals surface area contributed by atoms with Gasteiger partial charge in [-0.2, -0.15) is 15.1 Å². The molecule has 1 aliphatic carbocycles. The van der Waals surface area contributed by atoms with Crippen molar-refractivity contribution in [1.29, 1.82) is 0 Å². The monoisotopic (exact) mass is 272 g/mol. The van der Waals surface area contributed by atoms with Crippen LogP contribution in [0.5, 0.6) is 0 Å². The largest absolute Gasteiger partial charge is 0.383 e. The van der Waals surface area contributed by atoms with Gasteiger partial charge < -0.3 is 11.1 Å². The fourth-order valence-corrected chi connectivity index (χ4v) is 2.65. The van der Waals surface area contributed by atoms with Crippen molar-refractivity contribution in [3.05, 3.63) is 17.8 Å². The first-order valence-electron chi connectivity index (χ1n) is 7.06. The van der Waals surface area contributed by atoms with E-state index in [1.807, 2.05) is 7.05 Å². The highest BCUT2D eigenvalue weighted by Gasteiger charge is 2.14. The fraction of sp³-hybridized carbons (Fsp3) is 0.500. The van der Waals surface area contributed by atoms with Crippen LogP contribution in [-0.4, -0.2) is 25.8 Å². The first-order valence-corrected chi connectivity index (χ1v) is 7.06. The lowest BCUT2D eigenvalue weighted by atomic mass is 9.95. The second-order valence-corrected chi connectivity index (χ2v) is 5.33. The fourth-order valence-electron chi connectivity index (χ4n) is 2.65. The Labute approximate surface area is 118 Å². The van der Waals surface area contributed by atoms with Gasteiger partial charge in [0.15, 0.2) is 5.65 Å². The number of fused-ring (bicyclic) bond motifs is 1. The number of nitrogens with two attached hydrogens (primary N) is 1. The molecular weight excluding hydrogens is 252 g/mol. The summed E-state index contributed by atoms with van der Waals surface area (Å²) < 4.78 is 1.71. The Morgan fingerprint density at radius 1 is 1.35 bits per heavy atom. The minimum Gasteiger partial charge on any atom is -0.383 e. The number of rotatable bonds is 3. The van der Waals surface area contributed by atoms with Gasteiger partial charge in [-0.25, -0.2) is 0 Å². The molecule has 2 heterocycles. The molecule has 1 unspecified atom stereocenters. The molecule has 6 heteroatoms. The van der Waals surface area contributed by atoms with Crippen LogP contribution in [0.1, 0.15) is 32.6 Å². The molecule has 6 nitrogen and oxygen atoms in total. The minimum absolute atomic E-state index is 0.236. The Balaban J connectivity index is 1.86. The molecule has 0 saturated carbocycles. The van der Waals surface area contributed by atoms with Crippen LogP contribution in [0.25, 0.3) is 11.0 Å². The van der Waals surface area contributed by atoms with Crippen LogP contribution in [0.4, 0.5) is 11.8 Å². The average Bonchev–Trinajstić information content (AvgIpc) is 2.82. The van der Waals surface area contributed by atoms with E-state index < -0.39 is 0 Å². The smallest absolute Gasteiger partial charge is 0.227 e. The summed E-state index contributed by atoms with van der Waals surface area (Å²) in [5.74, 6) is 1.04. The van der Waals surface area contributed by atoms with Crippen LogP contribution in [-0.2, 0) is 7.05 Å². The van der Waals surface area contributed by atoms with Gasteiger partial charge in [-0.15, -0.1) is 0 Å². The maximum atomic E-state index is 5.97. The Morgan fingerprint density at radius 3 is 2.95 bits per heavy atom. The number of allylic oxidation sites excluding steroid dienone is 1. The number of nitrogens with one attached hydrogen (secondary N) is 1. The molecule has 20 heavy (non-hydrogen) atoms. The Morgan fingerprint density at radius 2 is 2.20 bits per heavy atom. The van der Waals surface area contributed by atoms with E-state index in [9.17, 15) is 0 Å². The molecule has 0 spiro atoms. The van der Waals surface area contributed by atoms with Crippen molar-refractivity contribution in [2.45, 2.75) is 38.6 Å². The molecule has 0 amide bonds. The quantitative estimate of drug-likeness (QED) is 0.837. The molecule has 1 aliphatic rings. The zero-order valence-corrected chi connectivity index (χ0v) is 11.9. The molecule has 0 radical (unpaired) electrons. The van der Waals surface area contributed by atoms with Gasteiger partial charge in [-0.1, -0.05) is 11.6 Å². The standard InChI is InChI=1S/C14H20N6/c1-9(10-6-4-3-5-7-10)17-14-18-12(15)11-8-16-20(2)13(11)19-14/h6,8-9H,3-5,7H2,1-2H3,(H3,15,17,18,19). The summed E-state index contributed by atoms with van der Waals surface area (Å²) in [6.45, 7) is 2.14. The summed E-state index contributed by atoms with van der Waals surface area (Å²) in [5, 5.41) is 8.31. The number of nitrogens with zero attached hydrogens (tertiary/aromatic N) is 4. The van der Waals surface area contributed by atoms with Crippen molar-refractivity contribution in [3.63, 3.8) is 0 Å². The third-order valence-corrected chi connectivity index (χ3v) is 3.85. The first-order chi connectivity index (χ1) is 9.65. The lowest BCUT2D eigenvalue weighted by molar-refractivity contribution is 0.664. The van der Waals surface area contributed by atoms with E-state index >= 15 is 0 Å². The van der Waals surface area contributed by atoms with Crippen LogP contribution in [0.2, 0.25) is 0 Å². The Hall–Kier alpha value is -2.11. The molecular formula is C14H20N6. The number of nitrogen functional groups attached to an aromatic ring is 1. The average molecular weight is 272 g/mol. The predicted octanol–water partition coefficient (Wildman–Crippen LogP) is 2.25. The van der Waals surface area contributed by atoms with Gasteiger partial charge in [0.2, 0.25) is 5.95 Å². The maximum absolute atomic E-state index is 5.97. The van der Waals surface area contributed by atoms with Gasteiger partial charge in [-0.05, 0) is 32.6 Å². The topological polar surface area (TPSA) is 81.6 Å². The Bertz CT molecular complexity index is 657. The summed E-state index contributed by atoms with van der Waals surface area (Å²) in [4.78, 5) is 8.83. The molecule has 0 saturated heterocycles. The van der Waals surface area contributed by atoms with Crippen LogP contribution in [0, 0.1) is 0 Å². The number of anilines is 2. The SMILES string of the molecule is CC(Nc1nc(N)c2cnn(C)c2n1)C1=CCCCC1. The lowest BCUT2D eigenvalue weighted by Gasteiger charge is -2.20. The van der Waals surface area contributed by atoms with Gasteiger partial charge in [0.1, 0.15) is 5.82 Å². The molecule has 3 N–H and O–H groups in total. The van der Waals surface area contributed by atoms with Crippen molar-refractivity contribution >= 4 is 22.8 Å². The van der Waals surface area contributed by atoms with Gasteiger partial charge in [-0.3, -0.25) is 4.68 Å². The number of aryl methyl sites for hydroxylation is 1. The van der Waals surface area contributed by atoms with Gasteiger partial charge in [0.25, 0.3) is 0 Å². The van der Waals surface area contributed by atoms with E-state index in [0.29, 0.717) is 11.8 Å². The van der Waals surface area contributed by atoms with Gasteiger partial charge in [0, 0.05) is 13.1 Å². The molecule has 0 fully saturated rings. The molecule has 3 rings (SSSR count). The lowest BCUT2D eigenvalue weighted by Crippen LogP contribution is -2.21. The highest BCUT2D eigenvalue weighted by molar-refractivity contribution is 5.86. The van der Waals surface area contributed by atoms with Crippen molar-refractivity contribution in [3.8, 4) is 0 Å². The van der Waals surface area contributed by atoms with Crippen molar-refractivity contribution in [2.24, 2.45) is 7.05 Å². The van der Waals surface area contributed by atoms with E-state index in [1.165, 1.54) is 24.8 Å². The van der Waals surface area contributed by atoms with E-state index in [1.54, 1.807) is 10.9 Å². The van der Waals surface area contributed by atoms with E-state index in [-0.39, 0.29) is 6.04 Å². The van der Waals surface area contributed by atoms with Gasteiger partial charge >= 0.3 is 0 Å². The van der Waals surface area contributed by atoms with E-state index in [2.05, 4.69) is 33.4 Å². The highest BCUT2D eigenvalue weighted by atomic mass is 15.3. The normalized spacial score (nSPS) is 17.0. The first kappa shape index (κ1) is 12.9. The van der Waals surface area contributed by atoms with Crippen LogP contribution < -0.4 is 11.1 Å². The summed E-state index contributed by atoms with van der Waals surface area (Å²) in [7, 11) is 1.85. The summed E-state index contributed by atoms with van der Waals surface area (Å²) in [6.07, 6.45) is 8.90. The second kappa shape index (κ2) is 5.11. The number of hydrogen-bond donors (Lipinski definition) is 2. The zero-order valence-electron chi connectivity index (χ0n) is 11.9. The van der Waals surface area contributed by atoms with E-state index in [4.69, 9.17) is 5.73 Å². The Kier molecular flexibility index (Phi) is 3.30. The third kappa shape index (κ3) is 2.33. The van der Waals surface area contributed by atoms with Crippen molar-refractivity contribution in [2.75, 3.05) is 11.1 Å². The third-order valence-electron chi connectivity index (χ3n) is 3.85. The second-order valence-electron chi connectivity index (χ2n) is 5.33. The highest BCUT2D eigenvalue weighted by Crippen LogP contribution is 2.23. The maximum Gasteiger partial charge on any atom is 0.227 e. The van der Waals surface area contributed by atoms with E-state index in [0.717, 1.165) is 17.5 Å². The van der Waals surface area contributed by atoms with Crippen LogP contribution in [0.15, 0.2) is 17.8 Å². The molecule has 0 aromatic carbocycles. The van der Waals surface area contributed by atoms with Gasteiger partial charge in [0.05, 0.1) is 11.6 Å². The summed E-state index contributed by atoms with van der Waals surface area (Å²) >= 11 is 0.